The highest BCUT2D eigenvalue weighted by Crippen LogP contribution is 2.61. The summed E-state index contributed by atoms with van der Waals surface area (Å²) < 4.78 is 0. The van der Waals surface area contributed by atoms with Crippen LogP contribution in [0.3, 0.4) is 0 Å². The van der Waals surface area contributed by atoms with Crippen LogP contribution in [0.5, 0.6) is 0 Å². The lowest BCUT2D eigenvalue weighted by molar-refractivity contribution is -0.130. The van der Waals surface area contributed by atoms with Gasteiger partial charge in [0.1, 0.15) is 0 Å². The second kappa shape index (κ2) is 6.06. The van der Waals surface area contributed by atoms with Gasteiger partial charge >= 0.3 is 0 Å². The molecule has 0 spiro atoms. The predicted octanol–water partition coefficient (Wildman–Crippen LogP) is 3.58. The molecule has 5 rings (SSSR count). The maximum Gasteiger partial charge on any atom is 0.219 e. The zero-order valence-electron chi connectivity index (χ0n) is 15.0. The molecule has 4 aliphatic carbocycles. The van der Waals surface area contributed by atoms with Crippen molar-refractivity contribution in [1.29, 1.82) is 0 Å². The fourth-order valence-corrected chi connectivity index (χ4v) is 6.98. The quantitative estimate of drug-likeness (QED) is 0.859. The monoisotopic (exact) mass is 318 g/mol. The molecule has 3 nitrogen and oxygen atoms in total. The topological polar surface area (TPSA) is 32.3 Å². The van der Waals surface area contributed by atoms with E-state index in [1.54, 1.807) is 6.92 Å². The molecule has 1 aliphatic heterocycles. The van der Waals surface area contributed by atoms with E-state index < -0.39 is 0 Å². The van der Waals surface area contributed by atoms with Crippen molar-refractivity contribution in [2.24, 2.45) is 23.2 Å². The van der Waals surface area contributed by atoms with Crippen molar-refractivity contribution in [3.63, 3.8) is 0 Å². The SMILES string of the molecule is CC[C@@H](NC1CCN(C(C)=O)CC1)C12CC3CC(CC(C3)C1)C2. The Hall–Kier alpha value is -0.570. The summed E-state index contributed by atoms with van der Waals surface area (Å²) in [4.78, 5) is 13.5. The second-order valence-electron chi connectivity index (χ2n) is 9.19. The summed E-state index contributed by atoms with van der Waals surface area (Å²) in [6.45, 7) is 5.99. The molecule has 1 atom stereocenters. The van der Waals surface area contributed by atoms with Gasteiger partial charge in [0.25, 0.3) is 0 Å². The van der Waals surface area contributed by atoms with E-state index in [1.807, 2.05) is 4.90 Å². The number of likely N-dealkylation sites (tertiary alicyclic amines) is 1. The first-order valence-corrected chi connectivity index (χ1v) is 10.1. The number of rotatable bonds is 4. The van der Waals surface area contributed by atoms with Crippen molar-refractivity contribution in [2.45, 2.75) is 83.7 Å². The number of nitrogens with zero attached hydrogens (tertiary/aromatic N) is 1. The average Bonchev–Trinajstić information content (AvgIpc) is 2.51. The minimum atomic E-state index is 0.247. The van der Waals surface area contributed by atoms with Crippen LogP contribution in [0.15, 0.2) is 0 Å². The van der Waals surface area contributed by atoms with Crippen molar-refractivity contribution in [1.82, 2.24) is 10.2 Å². The zero-order valence-corrected chi connectivity index (χ0v) is 15.0. The summed E-state index contributed by atoms with van der Waals surface area (Å²) in [5, 5.41) is 4.08. The van der Waals surface area contributed by atoms with Gasteiger partial charge in [0.2, 0.25) is 5.91 Å². The summed E-state index contributed by atoms with van der Waals surface area (Å²) in [5.74, 6) is 3.36. The average molecular weight is 319 g/mol. The highest BCUT2D eigenvalue weighted by atomic mass is 16.2. The normalized spacial score (nSPS) is 41.3. The third-order valence-corrected chi connectivity index (χ3v) is 7.61. The first-order chi connectivity index (χ1) is 11.1. The van der Waals surface area contributed by atoms with Crippen LogP contribution in [-0.4, -0.2) is 36.0 Å². The van der Waals surface area contributed by atoms with Gasteiger partial charge in [0.15, 0.2) is 0 Å². The van der Waals surface area contributed by atoms with Gasteiger partial charge in [-0.1, -0.05) is 6.92 Å². The van der Waals surface area contributed by atoms with Crippen LogP contribution >= 0.6 is 0 Å². The summed E-state index contributed by atoms with van der Waals surface area (Å²) >= 11 is 0. The van der Waals surface area contributed by atoms with Gasteiger partial charge in [-0.3, -0.25) is 4.79 Å². The zero-order chi connectivity index (χ0) is 16.0. The summed E-state index contributed by atoms with van der Waals surface area (Å²) in [5.41, 5.74) is 0.612. The van der Waals surface area contributed by atoms with Crippen molar-refractivity contribution in [3.8, 4) is 0 Å². The third kappa shape index (κ3) is 2.94. The molecular weight excluding hydrogens is 284 g/mol. The van der Waals surface area contributed by atoms with E-state index in [0.717, 1.165) is 43.7 Å². The highest BCUT2D eigenvalue weighted by molar-refractivity contribution is 5.73. The van der Waals surface area contributed by atoms with E-state index in [2.05, 4.69) is 12.2 Å². The lowest BCUT2D eigenvalue weighted by atomic mass is 9.47. The lowest BCUT2D eigenvalue weighted by Gasteiger charge is -2.60. The van der Waals surface area contributed by atoms with Crippen LogP contribution in [0.25, 0.3) is 0 Å². The standard InChI is InChI=1S/C20H34N2O/c1-3-19(21-18-4-6-22(7-5-18)14(2)23)20-11-15-8-16(12-20)10-17(9-15)13-20/h15-19,21H,3-13H2,1-2H3/t15?,16?,17?,19-,20?/m1/s1. The molecule has 23 heavy (non-hydrogen) atoms. The lowest BCUT2D eigenvalue weighted by Crippen LogP contribution is -2.58. The Morgan fingerprint density at radius 2 is 1.61 bits per heavy atom. The number of carbonyl (C=O) groups is 1. The predicted molar refractivity (Wildman–Crippen MR) is 93.1 cm³/mol. The largest absolute Gasteiger partial charge is 0.343 e. The molecule has 1 N–H and O–H groups in total. The van der Waals surface area contributed by atoms with Crippen LogP contribution in [0.4, 0.5) is 0 Å². The third-order valence-electron chi connectivity index (χ3n) is 7.61. The molecule has 1 amide bonds. The minimum Gasteiger partial charge on any atom is -0.343 e. The van der Waals surface area contributed by atoms with Crippen LogP contribution in [0, 0.1) is 23.2 Å². The summed E-state index contributed by atoms with van der Waals surface area (Å²) in [6.07, 6.45) is 12.7. The van der Waals surface area contributed by atoms with Crippen molar-refractivity contribution >= 4 is 5.91 Å². The molecule has 5 aliphatic rings. The summed E-state index contributed by atoms with van der Waals surface area (Å²) in [7, 11) is 0. The maximum atomic E-state index is 11.5. The van der Waals surface area contributed by atoms with E-state index in [0.29, 0.717) is 17.5 Å². The van der Waals surface area contributed by atoms with Crippen LogP contribution in [0.1, 0.15) is 71.6 Å². The molecule has 1 heterocycles. The molecule has 0 aromatic heterocycles. The Morgan fingerprint density at radius 1 is 1.09 bits per heavy atom. The molecule has 1 saturated heterocycles. The Kier molecular flexibility index (Phi) is 4.19. The molecule has 5 fully saturated rings. The van der Waals surface area contributed by atoms with Crippen molar-refractivity contribution in [2.75, 3.05) is 13.1 Å². The van der Waals surface area contributed by atoms with E-state index in [9.17, 15) is 4.79 Å². The van der Waals surface area contributed by atoms with E-state index in [4.69, 9.17) is 0 Å². The molecule has 4 bridgehead atoms. The summed E-state index contributed by atoms with van der Waals surface area (Å²) in [6, 6.07) is 1.34. The molecule has 4 saturated carbocycles. The Morgan fingerprint density at radius 3 is 2.04 bits per heavy atom. The highest BCUT2D eigenvalue weighted by Gasteiger charge is 2.53. The Bertz CT molecular complexity index is 417. The number of piperidine rings is 1. The molecule has 0 unspecified atom stereocenters. The molecular formula is C20H34N2O. The number of hydrogen-bond acceptors (Lipinski definition) is 2. The number of nitrogens with one attached hydrogen (secondary N) is 1. The minimum absolute atomic E-state index is 0.247. The van der Waals surface area contributed by atoms with Gasteiger partial charge < -0.3 is 10.2 Å². The van der Waals surface area contributed by atoms with E-state index >= 15 is 0 Å². The fourth-order valence-electron chi connectivity index (χ4n) is 6.98. The van der Waals surface area contributed by atoms with Gasteiger partial charge in [0, 0.05) is 32.1 Å². The van der Waals surface area contributed by atoms with Gasteiger partial charge in [-0.25, -0.2) is 0 Å². The first-order valence-electron chi connectivity index (χ1n) is 10.1. The maximum absolute atomic E-state index is 11.5. The molecule has 3 heteroatoms. The Labute approximate surface area is 141 Å². The fraction of sp³-hybridized carbons (Fsp3) is 0.950. The second-order valence-corrected chi connectivity index (χ2v) is 9.19. The number of carbonyl (C=O) groups excluding carboxylic acids is 1. The first kappa shape index (κ1) is 15.9. The smallest absolute Gasteiger partial charge is 0.219 e. The van der Waals surface area contributed by atoms with E-state index in [-0.39, 0.29) is 5.91 Å². The number of amides is 1. The van der Waals surface area contributed by atoms with Crippen LogP contribution in [0.2, 0.25) is 0 Å². The van der Waals surface area contributed by atoms with Crippen molar-refractivity contribution < 1.29 is 4.79 Å². The van der Waals surface area contributed by atoms with Gasteiger partial charge in [-0.2, -0.15) is 0 Å². The van der Waals surface area contributed by atoms with Gasteiger partial charge in [-0.15, -0.1) is 0 Å². The van der Waals surface area contributed by atoms with Crippen molar-refractivity contribution in [3.05, 3.63) is 0 Å². The van der Waals surface area contributed by atoms with Crippen LogP contribution < -0.4 is 5.32 Å². The molecule has 0 aromatic rings. The number of hydrogen-bond donors (Lipinski definition) is 1. The van der Waals surface area contributed by atoms with Gasteiger partial charge in [0.05, 0.1) is 0 Å². The van der Waals surface area contributed by atoms with Crippen LogP contribution in [-0.2, 0) is 4.79 Å². The van der Waals surface area contributed by atoms with Gasteiger partial charge in [-0.05, 0) is 81.0 Å². The molecule has 0 aromatic carbocycles. The van der Waals surface area contributed by atoms with E-state index in [1.165, 1.54) is 44.9 Å². The Balaban J connectivity index is 1.40. The molecule has 0 radical (unpaired) electrons. The molecule has 130 valence electrons.